The maximum Gasteiger partial charge on any atom is 0.297 e. The number of non-ortho nitro benzene ring substituents is 1. The van der Waals surface area contributed by atoms with Gasteiger partial charge in [0.25, 0.3) is 15.8 Å². The molecule has 1 fully saturated rings. The molecule has 1 atom stereocenters. The van der Waals surface area contributed by atoms with E-state index in [1.165, 1.54) is 18.2 Å². The third kappa shape index (κ3) is 4.58. The third-order valence-electron chi connectivity index (χ3n) is 2.13. The van der Waals surface area contributed by atoms with Gasteiger partial charge in [0.15, 0.2) is 0 Å². The number of hydrogen-bond acceptors (Lipinski definition) is 6. The molecule has 1 saturated heterocycles. The number of nitro benzene ring substituents is 1. The minimum atomic E-state index is -3.96. The van der Waals surface area contributed by atoms with Gasteiger partial charge in [0.2, 0.25) is 0 Å². The van der Waals surface area contributed by atoms with E-state index in [9.17, 15) is 18.5 Å². The zero-order chi connectivity index (χ0) is 14.5. The first-order valence-electron chi connectivity index (χ1n) is 5.74. The molecule has 0 amide bonds. The Balaban J connectivity index is 0.000000861. The summed E-state index contributed by atoms with van der Waals surface area (Å²) in [6.07, 6.45) is -0.191. The Morgan fingerprint density at radius 3 is 2.63 bits per heavy atom. The van der Waals surface area contributed by atoms with Gasteiger partial charge in [-0.3, -0.25) is 14.3 Å². The first-order chi connectivity index (χ1) is 8.99. The highest BCUT2D eigenvalue weighted by Crippen LogP contribution is 2.20. The van der Waals surface area contributed by atoms with E-state index in [1.807, 2.05) is 13.8 Å². The fraction of sp³-hybridized carbons (Fsp3) is 0.455. The molecule has 0 aliphatic carbocycles. The quantitative estimate of drug-likeness (QED) is 0.354. The van der Waals surface area contributed by atoms with E-state index in [0.717, 1.165) is 6.07 Å². The molecule has 0 spiro atoms. The SMILES string of the molecule is CC.O=[N+]([O-])c1cccc(S(=O)(=O)OC[C@@H]2CO2)c1. The van der Waals surface area contributed by atoms with Crippen LogP contribution >= 0.6 is 0 Å². The number of ether oxygens (including phenoxy) is 1. The van der Waals surface area contributed by atoms with E-state index in [1.54, 1.807) is 0 Å². The molecule has 0 aromatic heterocycles. The average Bonchev–Trinajstić information content (AvgIpc) is 3.23. The molecule has 1 heterocycles. The molecule has 19 heavy (non-hydrogen) atoms. The number of nitrogens with zero attached hydrogens (tertiary/aromatic N) is 1. The van der Waals surface area contributed by atoms with Crippen molar-refractivity contribution in [3.63, 3.8) is 0 Å². The van der Waals surface area contributed by atoms with Crippen molar-refractivity contribution >= 4 is 15.8 Å². The zero-order valence-electron chi connectivity index (χ0n) is 10.6. The summed E-state index contributed by atoms with van der Waals surface area (Å²) in [7, 11) is -3.96. The van der Waals surface area contributed by atoms with Gasteiger partial charge < -0.3 is 4.74 Å². The fourth-order valence-electron chi connectivity index (χ4n) is 1.15. The maximum absolute atomic E-state index is 11.6. The van der Waals surface area contributed by atoms with Gasteiger partial charge in [-0.25, -0.2) is 0 Å². The van der Waals surface area contributed by atoms with E-state index in [4.69, 9.17) is 8.92 Å². The van der Waals surface area contributed by atoms with Crippen molar-refractivity contribution < 1.29 is 22.3 Å². The number of nitro groups is 1. The lowest BCUT2D eigenvalue weighted by Gasteiger charge is -2.03. The van der Waals surface area contributed by atoms with Gasteiger partial charge in [-0.05, 0) is 6.07 Å². The molecular formula is C11H15NO6S. The van der Waals surface area contributed by atoms with E-state index >= 15 is 0 Å². The molecule has 2 rings (SSSR count). The lowest BCUT2D eigenvalue weighted by molar-refractivity contribution is -0.385. The van der Waals surface area contributed by atoms with Gasteiger partial charge in [0.05, 0.1) is 18.1 Å². The number of rotatable bonds is 5. The van der Waals surface area contributed by atoms with Gasteiger partial charge in [-0.1, -0.05) is 19.9 Å². The van der Waals surface area contributed by atoms with Crippen LogP contribution in [-0.4, -0.2) is 32.7 Å². The lowest BCUT2D eigenvalue weighted by atomic mass is 10.3. The molecule has 0 N–H and O–H groups in total. The fourth-order valence-corrected chi connectivity index (χ4v) is 2.13. The normalized spacial score (nSPS) is 17.3. The molecule has 1 aliphatic rings. The van der Waals surface area contributed by atoms with Gasteiger partial charge in [-0.15, -0.1) is 0 Å². The summed E-state index contributed by atoms with van der Waals surface area (Å²) >= 11 is 0. The first kappa shape index (κ1) is 15.5. The third-order valence-corrected chi connectivity index (χ3v) is 3.41. The first-order valence-corrected chi connectivity index (χ1v) is 7.15. The minimum Gasteiger partial charge on any atom is -0.371 e. The van der Waals surface area contributed by atoms with Crippen LogP contribution in [0, 0.1) is 10.1 Å². The largest absolute Gasteiger partial charge is 0.371 e. The molecule has 0 unspecified atom stereocenters. The summed E-state index contributed by atoms with van der Waals surface area (Å²) in [5, 5.41) is 10.5. The highest BCUT2D eigenvalue weighted by atomic mass is 32.2. The van der Waals surface area contributed by atoms with Crippen LogP contribution in [-0.2, 0) is 19.0 Å². The maximum atomic E-state index is 11.6. The standard InChI is InChI=1S/C9H9NO6S.C2H6/c11-10(12)7-2-1-3-9(4-7)17(13,14)16-6-8-5-15-8;1-2/h1-4,8H,5-6H2;1-2H3/t8-;/m0./s1. The predicted molar refractivity (Wildman–Crippen MR) is 67.3 cm³/mol. The topological polar surface area (TPSA) is 99.0 Å². The zero-order valence-corrected chi connectivity index (χ0v) is 11.4. The Bertz CT molecular complexity index is 538. The molecular weight excluding hydrogens is 274 g/mol. The molecule has 0 saturated carbocycles. The Morgan fingerprint density at radius 1 is 1.47 bits per heavy atom. The van der Waals surface area contributed by atoms with Crippen molar-refractivity contribution in [2.45, 2.75) is 24.8 Å². The van der Waals surface area contributed by atoms with Gasteiger partial charge in [0, 0.05) is 12.1 Å². The molecule has 7 nitrogen and oxygen atoms in total. The van der Waals surface area contributed by atoms with Gasteiger partial charge >= 0.3 is 0 Å². The van der Waals surface area contributed by atoms with Crippen molar-refractivity contribution in [2.24, 2.45) is 0 Å². The molecule has 8 heteroatoms. The van der Waals surface area contributed by atoms with Gasteiger partial charge in [0.1, 0.15) is 11.0 Å². The molecule has 1 aromatic rings. The van der Waals surface area contributed by atoms with E-state index in [-0.39, 0.29) is 23.3 Å². The van der Waals surface area contributed by atoms with Crippen molar-refractivity contribution in [2.75, 3.05) is 13.2 Å². The number of epoxide rings is 1. The van der Waals surface area contributed by atoms with E-state index in [2.05, 4.69) is 0 Å². The highest BCUT2D eigenvalue weighted by Gasteiger charge is 2.27. The van der Waals surface area contributed by atoms with Crippen LogP contribution in [0.5, 0.6) is 0 Å². The van der Waals surface area contributed by atoms with Crippen LogP contribution < -0.4 is 0 Å². The van der Waals surface area contributed by atoms with Crippen LogP contribution in [0.15, 0.2) is 29.2 Å². The second-order valence-electron chi connectivity index (χ2n) is 3.45. The summed E-state index contributed by atoms with van der Waals surface area (Å²) in [6, 6.07) is 4.71. The highest BCUT2D eigenvalue weighted by molar-refractivity contribution is 7.86. The molecule has 1 aliphatic heterocycles. The lowest BCUT2D eigenvalue weighted by Crippen LogP contribution is -2.11. The Kier molecular flexibility index (Phi) is 5.40. The monoisotopic (exact) mass is 289 g/mol. The smallest absolute Gasteiger partial charge is 0.297 e. The Morgan fingerprint density at radius 2 is 2.11 bits per heavy atom. The molecule has 1 aromatic carbocycles. The van der Waals surface area contributed by atoms with E-state index in [0.29, 0.717) is 6.61 Å². The summed E-state index contributed by atoms with van der Waals surface area (Å²) in [5.41, 5.74) is -0.294. The molecule has 0 bridgehead atoms. The van der Waals surface area contributed by atoms with E-state index < -0.39 is 15.0 Å². The van der Waals surface area contributed by atoms with Crippen molar-refractivity contribution in [3.05, 3.63) is 34.4 Å². The van der Waals surface area contributed by atoms with Crippen molar-refractivity contribution in [1.82, 2.24) is 0 Å². The Hall–Kier alpha value is -1.51. The number of benzene rings is 1. The molecule has 0 radical (unpaired) electrons. The summed E-state index contributed by atoms with van der Waals surface area (Å²) in [4.78, 5) is 9.61. The predicted octanol–water partition coefficient (Wildman–Crippen LogP) is 1.73. The van der Waals surface area contributed by atoms with Crippen LogP contribution in [0.3, 0.4) is 0 Å². The second-order valence-corrected chi connectivity index (χ2v) is 5.06. The molecule has 106 valence electrons. The number of hydrogen-bond donors (Lipinski definition) is 0. The van der Waals surface area contributed by atoms with Gasteiger partial charge in [-0.2, -0.15) is 8.42 Å². The van der Waals surface area contributed by atoms with Crippen molar-refractivity contribution in [3.8, 4) is 0 Å². The summed E-state index contributed by atoms with van der Waals surface area (Å²) in [5.74, 6) is 0. The van der Waals surface area contributed by atoms with Crippen LogP contribution in [0.4, 0.5) is 5.69 Å². The van der Waals surface area contributed by atoms with Crippen molar-refractivity contribution in [1.29, 1.82) is 0 Å². The Labute approximate surface area is 111 Å². The average molecular weight is 289 g/mol. The second kappa shape index (κ2) is 6.60. The van der Waals surface area contributed by atoms with Crippen LogP contribution in [0.1, 0.15) is 13.8 Å². The van der Waals surface area contributed by atoms with Crippen LogP contribution in [0.2, 0.25) is 0 Å². The summed E-state index contributed by atoms with van der Waals surface area (Å²) in [6.45, 7) is 4.41. The summed E-state index contributed by atoms with van der Waals surface area (Å²) < 4.78 is 32.8. The van der Waals surface area contributed by atoms with Crippen LogP contribution in [0.25, 0.3) is 0 Å². The minimum absolute atomic E-state index is 0.0645.